The van der Waals surface area contributed by atoms with Gasteiger partial charge in [-0.25, -0.2) is 8.42 Å². The molecule has 1 atom stereocenters. The maximum atomic E-state index is 11.9. The first-order valence-electron chi connectivity index (χ1n) is 6.98. The molecule has 0 saturated carbocycles. The van der Waals surface area contributed by atoms with E-state index in [1.165, 1.54) is 6.26 Å². The van der Waals surface area contributed by atoms with Crippen molar-refractivity contribution in [1.82, 2.24) is 10.2 Å². The van der Waals surface area contributed by atoms with E-state index in [4.69, 9.17) is 11.6 Å². The molecule has 0 fully saturated rings. The predicted octanol–water partition coefficient (Wildman–Crippen LogP) is 2.42. The third kappa shape index (κ3) is 5.58. The molecule has 0 spiro atoms. The number of nitrogens with zero attached hydrogens (tertiary/aromatic N) is 1. The summed E-state index contributed by atoms with van der Waals surface area (Å²) in [6.45, 7) is 5.62. The summed E-state index contributed by atoms with van der Waals surface area (Å²) < 4.78 is 23.7. The zero-order chi connectivity index (χ0) is 16.2. The fourth-order valence-corrected chi connectivity index (χ4v) is 3.45. The second-order valence-corrected chi connectivity index (χ2v) is 8.37. The Bertz CT molecular complexity index is 571. The first kappa shape index (κ1) is 18.4. The maximum Gasteiger partial charge on any atom is 0.175 e. The molecule has 0 heterocycles. The summed E-state index contributed by atoms with van der Waals surface area (Å²) in [7, 11) is 0.763. The maximum absolute atomic E-state index is 11.9. The van der Waals surface area contributed by atoms with Gasteiger partial charge in [0.25, 0.3) is 0 Å². The van der Waals surface area contributed by atoms with Crippen LogP contribution in [0.3, 0.4) is 0 Å². The quantitative estimate of drug-likeness (QED) is 0.833. The van der Waals surface area contributed by atoms with Crippen LogP contribution in [0, 0.1) is 5.92 Å². The van der Waals surface area contributed by atoms with Crippen LogP contribution in [0.5, 0.6) is 0 Å². The van der Waals surface area contributed by atoms with Gasteiger partial charge in [-0.15, -0.1) is 0 Å². The van der Waals surface area contributed by atoms with Crippen LogP contribution in [0.25, 0.3) is 0 Å². The summed E-state index contributed by atoms with van der Waals surface area (Å²) in [6.07, 6.45) is 1.21. The van der Waals surface area contributed by atoms with E-state index in [0.717, 1.165) is 6.54 Å². The molecule has 1 aromatic rings. The van der Waals surface area contributed by atoms with Crippen LogP contribution in [0.2, 0.25) is 5.02 Å². The Morgan fingerprint density at radius 1 is 1.29 bits per heavy atom. The average Bonchev–Trinajstić information content (AvgIpc) is 2.33. The summed E-state index contributed by atoms with van der Waals surface area (Å²) >= 11 is 6.19. The van der Waals surface area contributed by atoms with Crippen LogP contribution in [0.1, 0.15) is 19.4 Å². The van der Waals surface area contributed by atoms with E-state index in [9.17, 15) is 8.42 Å². The van der Waals surface area contributed by atoms with E-state index in [1.807, 2.05) is 14.1 Å². The molecule has 120 valence electrons. The number of rotatable bonds is 7. The highest BCUT2D eigenvalue weighted by Crippen LogP contribution is 2.24. The van der Waals surface area contributed by atoms with Gasteiger partial charge in [-0.05, 0) is 32.1 Å². The molecule has 0 aliphatic heterocycles. The predicted molar refractivity (Wildman–Crippen MR) is 88.6 cm³/mol. The van der Waals surface area contributed by atoms with Crippen molar-refractivity contribution in [2.75, 3.05) is 26.9 Å². The molecule has 0 bridgehead atoms. The number of likely N-dealkylation sites (N-methyl/N-ethyl adjacent to an activating group) is 1. The van der Waals surface area contributed by atoms with Crippen molar-refractivity contribution in [3.05, 3.63) is 28.8 Å². The monoisotopic (exact) mass is 332 g/mol. The van der Waals surface area contributed by atoms with E-state index in [0.29, 0.717) is 27.9 Å². The number of nitrogens with one attached hydrogen (secondary N) is 1. The van der Waals surface area contributed by atoms with Gasteiger partial charge in [-0.2, -0.15) is 0 Å². The summed E-state index contributed by atoms with van der Waals surface area (Å²) in [5.41, 5.74) is 0.645. The number of halogens is 1. The smallest absolute Gasteiger partial charge is 0.175 e. The summed E-state index contributed by atoms with van der Waals surface area (Å²) in [6, 6.07) is 5.27. The van der Waals surface area contributed by atoms with Crippen LogP contribution in [0.4, 0.5) is 0 Å². The Morgan fingerprint density at radius 3 is 2.38 bits per heavy atom. The number of benzene rings is 1. The Hall–Kier alpha value is -0.620. The molecule has 4 nitrogen and oxygen atoms in total. The molecule has 1 aromatic carbocycles. The highest BCUT2D eigenvalue weighted by Gasteiger charge is 2.19. The van der Waals surface area contributed by atoms with Gasteiger partial charge in [0.1, 0.15) is 0 Å². The molecule has 21 heavy (non-hydrogen) atoms. The lowest BCUT2D eigenvalue weighted by atomic mass is 10.0. The zero-order valence-electron chi connectivity index (χ0n) is 13.4. The number of sulfone groups is 1. The van der Waals surface area contributed by atoms with Crippen LogP contribution < -0.4 is 5.32 Å². The Morgan fingerprint density at radius 2 is 1.90 bits per heavy atom. The second-order valence-electron chi connectivity index (χ2n) is 5.98. The molecule has 0 amide bonds. The van der Waals surface area contributed by atoms with Crippen molar-refractivity contribution < 1.29 is 8.42 Å². The molecule has 1 unspecified atom stereocenters. The van der Waals surface area contributed by atoms with Crippen LogP contribution in [0.15, 0.2) is 23.1 Å². The van der Waals surface area contributed by atoms with Crippen molar-refractivity contribution in [2.45, 2.75) is 31.3 Å². The normalized spacial score (nSPS) is 13.9. The van der Waals surface area contributed by atoms with Crippen molar-refractivity contribution in [1.29, 1.82) is 0 Å². The Kier molecular flexibility index (Phi) is 6.66. The molecule has 0 aromatic heterocycles. The Balaban J connectivity index is 2.97. The number of hydrogen-bond acceptors (Lipinski definition) is 4. The van der Waals surface area contributed by atoms with Crippen LogP contribution >= 0.6 is 11.6 Å². The van der Waals surface area contributed by atoms with Gasteiger partial charge >= 0.3 is 0 Å². The lowest BCUT2D eigenvalue weighted by Gasteiger charge is -2.26. The van der Waals surface area contributed by atoms with Gasteiger partial charge in [0, 0.05) is 36.0 Å². The topological polar surface area (TPSA) is 49.4 Å². The lowest BCUT2D eigenvalue weighted by molar-refractivity contribution is 0.287. The molecule has 0 aliphatic carbocycles. The summed E-state index contributed by atoms with van der Waals surface area (Å²) in [4.78, 5) is 2.41. The third-order valence-electron chi connectivity index (χ3n) is 3.38. The van der Waals surface area contributed by atoms with Crippen molar-refractivity contribution in [3.63, 3.8) is 0 Å². The third-order valence-corrected chi connectivity index (χ3v) is 4.92. The van der Waals surface area contributed by atoms with Gasteiger partial charge in [0.2, 0.25) is 0 Å². The lowest BCUT2D eigenvalue weighted by Crippen LogP contribution is -2.41. The molecule has 6 heteroatoms. The van der Waals surface area contributed by atoms with Crippen LogP contribution in [-0.4, -0.2) is 46.3 Å². The highest BCUT2D eigenvalue weighted by molar-refractivity contribution is 7.90. The molecular weight excluding hydrogens is 308 g/mol. The van der Waals surface area contributed by atoms with Gasteiger partial charge in [0.15, 0.2) is 9.84 Å². The van der Waals surface area contributed by atoms with Crippen molar-refractivity contribution >= 4 is 21.4 Å². The number of hydrogen-bond donors (Lipinski definition) is 1. The molecule has 1 N–H and O–H groups in total. The van der Waals surface area contributed by atoms with Gasteiger partial charge in [0.05, 0.1) is 4.90 Å². The minimum atomic E-state index is -3.28. The van der Waals surface area contributed by atoms with E-state index in [2.05, 4.69) is 24.1 Å². The molecule has 1 rings (SSSR count). The van der Waals surface area contributed by atoms with Crippen LogP contribution in [-0.2, 0) is 16.4 Å². The minimum absolute atomic E-state index is 0.267. The van der Waals surface area contributed by atoms with E-state index in [1.54, 1.807) is 18.2 Å². The second kappa shape index (κ2) is 7.58. The molecular formula is C15H25ClN2O2S. The standard InChI is InChI=1S/C15H25ClN2O2S/c1-11(2)14(10-18(3)4)17-9-12-13(16)7-6-8-15(12)21(5,19)20/h6-8,11,14,17H,9-10H2,1-5H3. The molecule has 0 radical (unpaired) electrons. The zero-order valence-corrected chi connectivity index (χ0v) is 14.9. The first-order chi connectivity index (χ1) is 9.62. The van der Waals surface area contributed by atoms with E-state index in [-0.39, 0.29) is 6.04 Å². The highest BCUT2D eigenvalue weighted by atomic mass is 35.5. The van der Waals surface area contributed by atoms with Crippen molar-refractivity contribution in [3.8, 4) is 0 Å². The van der Waals surface area contributed by atoms with Gasteiger partial charge < -0.3 is 10.2 Å². The Labute approximate surface area is 133 Å². The van der Waals surface area contributed by atoms with E-state index >= 15 is 0 Å². The minimum Gasteiger partial charge on any atom is -0.308 e. The molecule has 0 aliphatic rings. The SMILES string of the molecule is CC(C)C(CN(C)C)NCc1c(Cl)cccc1S(C)(=O)=O. The van der Waals surface area contributed by atoms with Gasteiger partial charge in [-0.3, -0.25) is 0 Å². The average molecular weight is 333 g/mol. The first-order valence-corrected chi connectivity index (χ1v) is 9.25. The van der Waals surface area contributed by atoms with E-state index < -0.39 is 9.84 Å². The summed E-state index contributed by atoms with van der Waals surface area (Å²) in [5, 5.41) is 3.91. The fraction of sp³-hybridized carbons (Fsp3) is 0.600. The largest absolute Gasteiger partial charge is 0.308 e. The fourth-order valence-electron chi connectivity index (χ4n) is 2.20. The summed E-state index contributed by atoms with van der Waals surface area (Å²) in [5.74, 6) is 0.441. The van der Waals surface area contributed by atoms with Gasteiger partial charge in [-0.1, -0.05) is 31.5 Å². The van der Waals surface area contributed by atoms with Crippen molar-refractivity contribution in [2.24, 2.45) is 5.92 Å². The molecule has 0 saturated heterocycles.